The van der Waals surface area contributed by atoms with Gasteiger partial charge in [-0.25, -0.2) is 4.39 Å². The van der Waals surface area contributed by atoms with Crippen molar-refractivity contribution in [1.82, 2.24) is 4.90 Å². The summed E-state index contributed by atoms with van der Waals surface area (Å²) in [5, 5.41) is 13.5. The molecular weight excluding hydrogens is 268 g/mol. The Labute approximate surface area is 116 Å². The first-order chi connectivity index (χ1) is 9.49. The molecule has 0 aliphatic heterocycles. The van der Waals surface area contributed by atoms with Gasteiger partial charge in [0.2, 0.25) is 5.82 Å². The SMILES string of the molecule is CCCN(CC)CCNc1cc(F)cc(F)c1[N+](=O)[O-]. The van der Waals surface area contributed by atoms with E-state index in [1.807, 2.05) is 6.92 Å². The van der Waals surface area contributed by atoms with Gasteiger partial charge in [-0.3, -0.25) is 10.1 Å². The third-order valence-corrected chi connectivity index (χ3v) is 2.94. The van der Waals surface area contributed by atoms with Crippen molar-refractivity contribution in [1.29, 1.82) is 0 Å². The number of halogens is 2. The monoisotopic (exact) mass is 287 g/mol. The first kappa shape index (κ1) is 16.3. The fourth-order valence-corrected chi connectivity index (χ4v) is 1.98. The molecule has 0 unspecified atom stereocenters. The quantitative estimate of drug-likeness (QED) is 0.590. The van der Waals surface area contributed by atoms with Crippen molar-refractivity contribution >= 4 is 11.4 Å². The third kappa shape index (κ3) is 4.41. The number of anilines is 1. The summed E-state index contributed by atoms with van der Waals surface area (Å²) in [6, 6.07) is 1.45. The van der Waals surface area contributed by atoms with Gasteiger partial charge in [0.05, 0.1) is 4.92 Å². The number of nitrogens with one attached hydrogen (secondary N) is 1. The van der Waals surface area contributed by atoms with E-state index in [1.165, 1.54) is 0 Å². The van der Waals surface area contributed by atoms with Crippen LogP contribution in [0.5, 0.6) is 0 Å². The van der Waals surface area contributed by atoms with Crippen LogP contribution in [0.3, 0.4) is 0 Å². The molecule has 0 amide bonds. The van der Waals surface area contributed by atoms with Crippen LogP contribution in [-0.4, -0.2) is 36.0 Å². The lowest BCUT2D eigenvalue weighted by molar-refractivity contribution is -0.386. The molecule has 1 aromatic carbocycles. The molecule has 7 heteroatoms. The van der Waals surface area contributed by atoms with Gasteiger partial charge in [0.1, 0.15) is 11.5 Å². The maximum Gasteiger partial charge on any atom is 0.327 e. The molecular formula is C13H19F2N3O2. The van der Waals surface area contributed by atoms with Gasteiger partial charge in [-0.05, 0) is 19.5 Å². The van der Waals surface area contributed by atoms with Crippen molar-refractivity contribution in [3.63, 3.8) is 0 Å². The van der Waals surface area contributed by atoms with Crippen molar-refractivity contribution in [2.24, 2.45) is 0 Å². The minimum atomic E-state index is -1.17. The van der Waals surface area contributed by atoms with E-state index in [4.69, 9.17) is 0 Å². The normalized spacial score (nSPS) is 10.8. The molecule has 5 nitrogen and oxygen atoms in total. The zero-order valence-electron chi connectivity index (χ0n) is 11.7. The Bertz CT molecular complexity index is 469. The van der Waals surface area contributed by atoms with Crippen LogP contribution in [0.25, 0.3) is 0 Å². The highest BCUT2D eigenvalue weighted by atomic mass is 19.1. The Morgan fingerprint density at radius 2 is 2.00 bits per heavy atom. The Hall–Kier alpha value is -1.76. The van der Waals surface area contributed by atoms with Crippen LogP contribution in [0.4, 0.5) is 20.2 Å². The molecule has 1 aromatic rings. The number of nitrogens with zero attached hydrogens (tertiary/aromatic N) is 2. The molecule has 0 bridgehead atoms. The zero-order chi connectivity index (χ0) is 15.1. The summed E-state index contributed by atoms with van der Waals surface area (Å²) in [5.41, 5.74) is -0.843. The van der Waals surface area contributed by atoms with Crippen molar-refractivity contribution in [2.45, 2.75) is 20.3 Å². The van der Waals surface area contributed by atoms with Crippen LogP contribution in [0, 0.1) is 21.7 Å². The van der Waals surface area contributed by atoms with Crippen molar-refractivity contribution in [2.75, 3.05) is 31.5 Å². The summed E-state index contributed by atoms with van der Waals surface area (Å²) in [5.74, 6) is -2.00. The number of nitro benzene ring substituents is 1. The second-order valence-electron chi connectivity index (χ2n) is 4.40. The first-order valence-corrected chi connectivity index (χ1v) is 6.59. The summed E-state index contributed by atoms with van der Waals surface area (Å²) in [6.07, 6.45) is 1.00. The van der Waals surface area contributed by atoms with Crippen LogP contribution >= 0.6 is 0 Å². The fraction of sp³-hybridized carbons (Fsp3) is 0.538. The Balaban J connectivity index is 2.74. The third-order valence-electron chi connectivity index (χ3n) is 2.94. The summed E-state index contributed by atoms with van der Waals surface area (Å²) >= 11 is 0. The van der Waals surface area contributed by atoms with Crippen molar-refractivity contribution in [3.05, 3.63) is 33.9 Å². The molecule has 20 heavy (non-hydrogen) atoms. The van der Waals surface area contributed by atoms with E-state index in [9.17, 15) is 18.9 Å². The smallest absolute Gasteiger partial charge is 0.327 e. The predicted molar refractivity (Wildman–Crippen MR) is 73.9 cm³/mol. The largest absolute Gasteiger partial charge is 0.378 e. The minimum Gasteiger partial charge on any atom is -0.378 e. The molecule has 0 aliphatic rings. The van der Waals surface area contributed by atoms with E-state index < -0.39 is 22.2 Å². The average molecular weight is 287 g/mol. The van der Waals surface area contributed by atoms with Gasteiger partial charge in [0.15, 0.2) is 0 Å². The highest BCUT2D eigenvalue weighted by Crippen LogP contribution is 2.28. The van der Waals surface area contributed by atoms with Crippen molar-refractivity contribution in [3.8, 4) is 0 Å². The maximum absolute atomic E-state index is 13.4. The zero-order valence-corrected chi connectivity index (χ0v) is 11.7. The summed E-state index contributed by atoms with van der Waals surface area (Å²) in [6.45, 7) is 6.88. The summed E-state index contributed by atoms with van der Waals surface area (Å²) < 4.78 is 26.5. The lowest BCUT2D eigenvalue weighted by atomic mass is 10.2. The Morgan fingerprint density at radius 1 is 1.30 bits per heavy atom. The molecule has 0 fully saturated rings. The van der Waals surface area contributed by atoms with Gasteiger partial charge >= 0.3 is 5.69 Å². The van der Waals surface area contributed by atoms with Gasteiger partial charge in [-0.2, -0.15) is 4.39 Å². The van der Waals surface area contributed by atoms with E-state index >= 15 is 0 Å². The molecule has 112 valence electrons. The van der Waals surface area contributed by atoms with Crippen LogP contribution in [-0.2, 0) is 0 Å². The van der Waals surface area contributed by atoms with E-state index in [1.54, 1.807) is 0 Å². The van der Waals surface area contributed by atoms with E-state index in [-0.39, 0.29) is 5.69 Å². The number of likely N-dealkylation sites (N-methyl/N-ethyl adjacent to an activating group) is 1. The topological polar surface area (TPSA) is 58.4 Å². The highest BCUT2D eigenvalue weighted by molar-refractivity contribution is 5.62. The predicted octanol–water partition coefficient (Wildman–Crippen LogP) is 3.02. The number of rotatable bonds is 8. The van der Waals surface area contributed by atoms with Crippen molar-refractivity contribution < 1.29 is 13.7 Å². The Kier molecular flexibility index (Phi) is 6.30. The standard InChI is InChI=1S/C13H19F2N3O2/c1-3-6-17(4-2)7-5-16-12-9-10(14)8-11(15)13(12)18(19)20/h8-9,16H,3-7H2,1-2H3. The highest BCUT2D eigenvalue weighted by Gasteiger charge is 2.21. The van der Waals surface area contributed by atoms with Crippen LogP contribution in [0.2, 0.25) is 0 Å². The molecule has 1 N–H and O–H groups in total. The average Bonchev–Trinajstić information content (AvgIpc) is 2.36. The molecule has 0 aliphatic carbocycles. The lowest BCUT2D eigenvalue weighted by Gasteiger charge is -2.19. The molecule has 0 spiro atoms. The van der Waals surface area contributed by atoms with E-state index in [0.29, 0.717) is 19.2 Å². The summed E-state index contributed by atoms with van der Waals surface area (Å²) in [4.78, 5) is 12.1. The molecule has 0 heterocycles. The molecule has 0 aromatic heterocycles. The minimum absolute atomic E-state index is 0.125. The first-order valence-electron chi connectivity index (χ1n) is 6.59. The van der Waals surface area contributed by atoms with Crippen LogP contribution in [0.1, 0.15) is 20.3 Å². The van der Waals surface area contributed by atoms with Gasteiger partial charge in [0, 0.05) is 25.2 Å². The second-order valence-corrected chi connectivity index (χ2v) is 4.40. The van der Waals surface area contributed by atoms with Gasteiger partial charge in [-0.1, -0.05) is 13.8 Å². The van der Waals surface area contributed by atoms with Gasteiger partial charge in [0.25, 0.3) is 0 Å². The number of nitro groups is 1. The fourth-order valence-electron chi connectivity index (χ4n) is 1.98. The number of benzene rings is 1. The number of hydrogen-bond acceptors (Lipinski definition) is 4. The molecule has 0 saturated heterocycles. The Morgan fingerprint density at radius 3 is 2.55 bits per heavy atom. The lowest BCUT2D eigenvalue weighted by Crippen LogP contribution is -2.29. The molecule has 1 rings (SSSR count). The second kappa shape index (κ2) is 7.74. The number of hydrogen-bond donors (Lipinski definition) is 1. The molecule has 0 atom stereocenters. The summed E-state index contributed by atoms with van der Waals surface area (Å²) in [7, 11) is 0. The van der Waals surface area contributed by atoms with E-state index in [2.05, 4.69) is 17.1 Å². The maximum atomic E-state index is 13.4. The van der Waals surface area contributed by atoms with Gasteiger partial charge in [-0.15, -0.1) is 0 Å². The van der Waals surface area contributed by atoms with Crippen LogP contribution in [0.15, 0.2) is 12.1 Å². The molecule has 0 saturated carbocycles. The van der Waals surface area contributed by atoms with E-state index in [0.717, 1.165) is 25.6 Å². The van der Waals surface area contributed by atoms with Gasteiger partial charge < -0.3 is 10.2 Å². The van der Waals surface area contributed by atoms with Crippen LogP contribution < -0.4 is 5.32 Å². The molecule has 0 radical (unpaired) electrons.